The van der Waals surface area contributed by atoms with Gasteiger partial charge in [0, 0.05) is 47.3 Å². The second-order valence-corrected chi connectivity index (χ2v) is 15.6. The predicted octanol–water partition coefficient (Wildman–Crippen LogP) is 8.62. The molecular weight excluding hydrogens is 524 g/mol. The Hall–Kier alpha value is -1.88. The highest BCUT2D eigenvalue weighted by atomic mass is 32.2. The molecule has 4 rings (SSSR count). The van der Waals surface area contributed by atoms with Crippen molar-refractivity contribution in [1.29, 1.82) is 0 Å². The number of aromatic nitrogens is 1. The van der Waals surface area contributed by atoms with Crippen LogP contribution in [0.1, 0.15) is 138 Å². The van der Waals surface area contributed by atoms with Gasteiger partial charge in [-0.05, 0) is 115 Å². The number of benzene rings is 1. The molecule has 4 nitrogen and oxygen atoms in total. The smallest absolute Gasteiger partial charge is 0.253 e. The van der Waals surface area contributed by atoms with Crippen molar-refractivity contribution in [3.8, 4) is 11.3 Å². The molecule has 1 heterocycles. The van der Waals surface area contributed by atoms with Crippen LogP contribution in [0.3, 0.4) is 0 Å². The summed E-state index contributed by atoms with van der Waals surface area (Å²) in [5.41, 5.74) is 9.37. The molecule has 1 amide bonds. The van der Waals surface area contributed by atoms with Crippen molar-refractivity contribution in [2.45, 2.75) is 136 Å². The summed E-state index contributed by atoms with van der Waals surface area (Å²) in [6, 6.07) is 7.16. The van der Waals surface area contributed by atoms with Gasteiger partial charge in [-0.2, -0.15) is 0 Å². The molecule has 2 saturated carbocycles. The predicted molar refractivity (Wildman–Crippen MR) is 176 cm³/mol. The van der Waals surface area contributed by atoms with E-state index >= 15 is 0 Å². The maximum absolute atomic E-state index is 13.5. The number of carbonyl (C=O) groups is 1. The van der Waals surface area contributed by atoms with Crippen LogP contribution < -0.4 is 5.32 Å². The van der Waals surface area contributed by atoms with Crippen LogP contribution in [0.5, 0.6) is 0 Å². The number of carbonyl (C=O) groups excluding carboxylic acids is 1. The Balaban J connectivity index is 1.72. The van der Waals surface area contributed by atoms with Crippen molar-refractivity contribution in [1.82, 2.24) is 9.88 Å². The molecule has 5 heteroatoms. The Morgan fingerprint density at radius 3 is 2.34 bits per heavy atom. The average molecular weight is 581 g/mol. The normalized spacial score (nSPS) is 17.9. The fourth-order valence-corrected chi connectivity index (χ4v) is 7.80. The maximum Gasteiger partial charge on any atom is 0.253 e. The number of nitrogens with zero attached hydrogens (tertiary/aromatic N) is 1. The minimum absolute atomic E-state index is 0.0406. The van der Waals surface area contributed by atoms with Gasteiger partial charge in [0.2, 0.25) is 0 Å². The van der Waals surface area contributed by atoms with Crippen molar-refractivity contribution in [3.63, 3.8) is 0 Å². The molecular formula is C36H56N2O2S. The van der Waals surface area contributed by atoms with Crippen LogP contribution in [-0.4, -0.2) is 33.2 Å². The zero-order valence-electron chi connectivity index (χ0n) is 27.1. The van der Waals surface area contributed by atoms with Crippen molar-refractivity contribution < 1.29 is 9.00 Å². The van der Waals surface area contributed by atoms with E-state index in [4.69, 9.17) is 0 Å². The summed E-state index contributed by atoms with van der Waals surface area (Å²) in [5.74, 6) is 1.46. The molecule has 1 unspecified atom stereocenters. The molecule has 2 aliphatic rings. The Bertz CT molecular complexity index is 1230. The van der Waals surface area contributed by atoms with Gasteiger partial charge in [0.1, 0.15) is 0 Å². The van der Waals surface area contributed by atoms with Gasteiger partial charge in [0.25, 0.3) is 5.91 Å². The Labute approximate surface area is 252 Å². The summed E-state index contributed by atoms with van der Waals surface area (Å²) in [6.07, 6.45) is 16.0. The summed E-state index contributed by atoms with van der Waals surface area (Å²) in [7, 11) is -0.739. The lowest BCUT2D eigenvalue weighted by Gasteiger charge is -2.30. The Morgan fingerprint density at radius 2 is 1.76 bits per heavy atom. The summed E-state index contributed by atoms with van der Waals surface area (Å²) in [4.78, 5) is 13.5. The molecule has 0 saturated heterocycles. The number of amides is 1. The van der Waals surface area contributed by atoms with E-state index in [-0.39, 0.29) is 11.3 Å². The molecule has 0 aliphatic heterocycles. The minimum atomic E-state index is -0.739. The summed E-state index contributed by atoms with van der Waals surface area (Å²) in [5, 5.41) is 3.20. The fraction of sp³-hybridized carbons (Fsp3) is 0.694. The molecule has 1 N–H and O–H groups in total. The van der Waals surface area contributed by atoms with Crippen LogP contribution in [0.15, 0.2) is 18.2 Å². The van der Waals surface area contributed by atoms with Gasteiger partial charge in [-0.1, -0.05) is 60.3 Å². The third kappa shape index (κ3) is 7.56. The first-order valence-electron chi connectivity index (χ1n) is 16.5. The van der Waals surface area contributed by atoms with Crippen LogP contribution in [0.4, 0.5) is 0 Å². The molecule has 2 fully saturated rings. The second kappa shape index (κ2) is 13.6. The van der Waals surface area contributed by atoms with E-state index in [1.807, 2.05) is 0 Å². The third-order valence-electron chi connectivity index (χ3n) is 9.98. The van der Waals surface area contributed by atoms with E-state index in [2.05, 4.69) is 69.6 Å². The maximum atomic E-state index is 13.5. The van der Waals surface area contributed by atoms with Crippen molar-refractivity contribution in [2.24, 2.45) is 5.92 Å². The van der Waals surface area contributed by atoms with Crippen LogP contribution >= 0.6 is 0 Å². The second-order valence-electron chi connectivity index (χ2n) is 14.0. The van der Waals surface area contributed by atoms with E-state index in [1.165, 1.54) is 68.2 Å². The molecule has 0 spiro atoms. The van der Waals surface area contributed by atoms with E-state index in [0.29, 0.717) is 17.9 Å². The first-order chi connectivity index (χ1) is 19.5. The highest BCUT2D eigenvalue weighted by Crippen LogP contribution is 2.54. The van der Waals surface area contributed by atoms with Crippen LogP contribution in [0, 0.1) is 12.8 Å². The minimum Gasteiger partial charge on any atom is -0.352 e. The topological polar surface area (TPSA) is 51.1 Å². The molecule has 2 aliphatic carbocycles. The van der Waals surface area contributed by atoms with Gasteiger partial charge >= 0.3 is 0 Å². The largest absolute Gasteiger partial charge is 0.352 e. The van der Waals surface area contributed by atoms with Crippen LogP contribution in [0.2, 0.25) is 0 Å². The molecule has 0 radical (unpaired) electrons. The van der Waals surface area contributed by atoms with Crippen LogP contribution in [0.25, 0.3) is 11.3 Å². The van der Waals surface area contributed by atoms with Gasteiger partial charge in [0.15, 0.2) is 0 Å². The molecule has 228 valence electrons. The zero-order valence-corrected chi connectivity index (χ0v) is 27.9. The number of rotatable bonds is 13. The van der Waals surface area contributed by atoms with Crippen molar-refractivity contribution in [3.05, 3.63) is 46.1 Å². The molecule has 1 atom stereocenters. The molecule has 0 bridgehead atoms. The summed E-state index contributed by atoms with van der Waals surface area (Å²) < 4.78 is 13.8. The monoisotopic (exact) mass is 580 g/mol. The summed E-state index contributed by atoms with van der Waals surface area (Å²) >= 11 is 0. The highest BCUT2D eigenvalue weighted by molar-refractivity contribution is 7.84. The molecule has 2 aromatic rings. The van der Waals surface area contributed by atoms with Crippen molar-refractivity contribution in [2.75, 3.05) is 18.6 Å². The Kier molecular flexibility index (Phi) is 10.6. The lowest BCUT2D eigenvalue weighted by molar-refractivity contribution is 0.0952. The standard InChI is InChI=1S/C36H56N2O2S/c1-8-29-31(35(4,5)6)22-28(23-32(29)36(9-2)18-19-36)33-24-30(34(39)37-20-14-11-15-21-41(7)40)26(3)38(33)25-27-16-12-10-13-17-27/h22-24,27H,8-21,25H2,1-7H3,(H,37,39). The zero-order chi connectivity index (χ0) is 29.8. The fourth-order valence-electron chi connectivity index (χ4n) is 7.19. The lowest BCUT2D eigenvalue weighted by Crippen LogP contribution is -2.25. The van der Waals surface area contributed by atoms with E-state index in [1.54, 1.807) is 17.4 Å². The van der Waals surface area contributed by atoms with E-state index in [9.17, 15) is 9.00 Å². The van der Waals surface area contributed by atoms with Gasteiger partial charge in [-0.15, -0.1) is 0 Å². The third-order valence-corrected chi connectivity index (χ3v) is 10.8. The quantitative estimate of drug-likeness (QED) is 0.241. The Morgan fingerprint density at radius 1 is 1.05 bits per heavy atom. The van der Waals surface area contributed by atoms with Crippen molar-refractivity contribution >= 4 is 16.7 Å². The van der Waals surface area contributed by atoms with E-state index < -0.39 is 10.8 Å². The van der Waals surface area contributed by atoms with E-state index in [0.717, 1.165) is 49.2 Å². The SMILES string of the molecule is CCc1c(C(C)(C)C)cc(-c2cc(C(=O)NCCCCCS(C)=O)c(C)n2CC2CCCCC2)cc1C1(CC)CC1. The van der Waals surface area contributed by atoms with Gasteiger partial charge in [-0.25, -0.2) is 0 Å². The number of hydrogen-bond donors (Lipinski definition) is 1. The molecule has 1 aromatic carbocycles. The number of hydrogen-bond acceptors (Lipinski definition) is 2. The summed E-state index contributed by atoms with van der Waals surface area (Å²) in [6.45, 7) is 15.5. The lowest BCUT2D eigenvalue weighted by atomic mass is 9.76. The average Bonchev–Trinajstić information content (AvgIpc) is 3.68. The van der Waals surface area contributed by atoms with Crippen LogP contribution in [-0.2, 0) is 34.6 Å². The molecule has 1 aromatic heterocycles. The number of nitrogens with one attached hydrogen (secondary N) is 1. The molecule has 41 heavy (non-hydrogen) atoms. The van der Waals surface area contributed by atoms with Gasteiger partial charge < -0.3 is 9.88 Å². The first-order valence-corrected chi connectivity index (χ1v) is 18.2. The number of unbranched alkanes of at least 4 members (excludes halogenated alkanes) is 2. The van der Waals surface area contributed by atoms with Gasteiger partial charge in [-0.3, -0.25) is 9.00 Å². The first kappa shape index (κ1) is 32.0. The highest BCUT2D eigenvalue weighted by Gasteiger charge is 2.44. The van der Waals surface area contributed by atoms with Gasteiger partial charge in [0.05, 0.1) is 5.56 Å².